The van der Waals surface area contributed by atoms with E-state index in [1.165, 1.54) is 21.1 Å². The summed E-state index contributed by atoms with van der Waals surface area (Å²) in [6, 6.07) is 22.3. The summed E-state index contributed by atoms with van der Waals surface area (Å²) in [6.45, 7) is 12.4. The van der Waals surface area contributed by atoms with E-state index in [9.17, 15) is 19.2 Å². The van der Waals surface area contributed by atoms with Crippen LogP contribution >= 0.6 is 11.3 Å². The van der Waals surface area contributed by atoms with Gasteiger partial charge in [0.2, 0.25) is 5.13 Å². The monoisotopic (exact) mass is 771 g/mol. The topological polar surface area (TPSA) is 137 Å². The van der Waals surface area contributed by atoms with Crippen LogP contribution in [0, 0.1) is 11.8 Å². The molecule has 2 aliphatic heterocycles. The molecule has 0 bridgehead atoms. The third-order valence-corrected chi connectivity index (χ3v) is 11.7. The van der Waals surface area contributed by atoms with Crippen molar-refractivity contribution in [2.24, 2.45) is 11.8 Å². The van der Waals surface area contributed by atoms with Crippen molar-refractivity contribution in [3.63, 3.8) is 0 Å². The third-order valence-electron chi connectivity index (χ3n) is 10.7. The molecule has 2 unspecified atom stereocenters. The Morgan fingerprint density at radius 1 is 0.661 bits per heavy atom. The summed E-state index contributed by atoms with van der Waals surface area (Å²) in [5, 5.41) is 23.4. The summed E-state index contributed by atoms with van der Waals surface area (Å²) >= 11 is 1.31. The largest absolute Gasteiger partial charge is 0.394 e. The van der Waals surface area contributed by atoms with Gasteiger partial charge in [0, 0.05) is 46.2 Å². The van der Waals surface area contributed by atoms with Crippen molar-refractivity contribution >= 4 is 93.4 Å². The van der Waals surface area contributed by atoms with Crippen molar-refractivity contribution in [3.05, 3.63) is 95.1 Å². The Hall–Kier alpha value is -5.33. The van der Waals surface area contributed by atoms with E-state index in [1.54, 1.807) is 26.2 Å². The van der Waals surface area contributed by atoms with Crippen LogP contribution in [0.15, 0.2) is 72.8 Å². The average molecular weight is 772 g/mol. The van der Waals surface area contributed by atoms with E-state index in [4.69, 9.17) is 10.2 Å². The lowest BCUT2D eigenvalue weighted by molar-refractivity contribution is 0.0535. The molecule has 0 fully saturated rings. The number of carbonyl (C=O) groups is 4. The minimum Gasteiger partial charge on any atom is -0.394 e. The van der Waals surface area contributed by atoms with Crippen molar-refractivity contribution in [3.8, 4) is 0 Å². The highest BCUT2D eigenvalue weighted by molar-refractivity contribution is 7.22. The Kier molecular flexibility index (Phi) is 10.6. The Balaban J connectivity index is 0.000000387. The van der Waals surface area contributed by atoms with Crippen molar-refractivity contribution in [1.29, 1.82) is 0 Å². The van der Waals surface area contributed by atoms with Crippen molar-refractivity contribution in [2.45, 2.75) is 60.1 Å². The summed E-state index contributed by atoms with van der Waals surface area (Å²) in [4.78, 5) is 62.9. The molecule has 56 heavy (non-hydrogen) atoms. The van der Waals surface area contributed by atoms with Crippen molar-refractivity contribution in [1.82, 2.24) is 9.88 Å². The maximum absolute atomic E-state index is 14.0. The molecule has 1 aromatic heterocycles. The number of anilines is 1. The molecule has 9 rings (SSSR count). The van der Waals surface area contributed by atoms with E-state index in [0.29, 0.717) is 56.6 Å². The predicted molar refractivity (Wildman–Crippen MR) is 223 cm³/mol. The molecule has 2 aliphatic rings. The summed E-state index contributed by atoms with van der Waals surface area (Å²) in [7, 11) is 1.55. The number of methoxy groups -OCH3 is 1. The molecule has 4 amide bonds. The van der Waals surface area contributed by atoms with Gasteiger partial charge < -0.3 is 14.9 Å². The van der Waals surface area contributed by atoms with Gasteiger partial charge in [-0.05, 0) is 101 Å². The van der Waals surface area contributed by atoms with Gasteiger partial charge in [0.15, 0.2) is 0 Å². The van der Waals surface area contributed by atoms with Crippen LogP contribution in [0.2, 0.25) is 0 Å². The second-order valence-electron chi connectivity index (χ2n) is 15.2. The average Bonchev–Trinajstić information content (AvgIpc) is 3.60. The Labute approximate surface area is 328 Å². The van der Waals surface area contributed by atoms with Gasteiger partial charge in [0.1, 0.15) is 0 Å². The molecule has 3 heterocycles. The first-order valence-corrected chi connectivity index (χ1v) is 19.7. The van der Waals surface area contributed by atoms with Gasteiger partial charge in [-0.3, -0.25) is 24.1 Å². The molecule has 7 aromatic rings. The number of imide groups is 2. The maximum atomic E-state index is 14.0. The molecule has 11 heteroatoms. The number of hydrogen-bond acceptors (Lipinski definition) is 9. The number of aliphatic hydroxyl groups excluding tert-OH is 2. The number of amides is 4. The number of thiazole rings is 1. The van der Waals surface area contributed by atoms with Crippen LogP contribution in [0.1, 0.15) is 89.4 Å². The molecule has 2 atom stereocenters. The first-order chi connectivity index (χ1) is 26.8. The fraction of sp³-hybridized carbons (Fsp3) is 0.311. The fourth-order valence-corrected chi connectivity index (χ4v) is 8.66. The lowest BCUT2D eigenvalue weighted by Crippen LogP contribution is -2.46. The normalized spacial score (nSPS) is 15.1. The highest BCUT2D eigenvalue weighted by Gasteiger charge is 2.39. The van der Waals surface area contributed by atoms with E-state index in [2.05, 4.69) is 23.6 Å². The zero-order chi connectivity index (χ0) is 40.2. The van der Waals surface area contributed by atoms with Gasteiger partial charge in [0.25, 0.3) is 23.6 Å². The van der Waals surface area contributed by atoms with E-state index in [1.807, 2.05) is 81.4 Å². The van der Waals surface area contributed by atoms with E-state index in [-0.39, 0.29) is 30.6 Å². The second-order valence-corrected chi connectivity index (χ2v) is 16.2. The van der Waals surface area contributed by atoms with Crippen LogP contribution in [0.5, 0.6) is 0 Å². The summed E-state index contributed by atoms with van der Waals surface area (Å²) in [5.41, 5.74) is 2.66. The van der Waals surface area contributed by atoms with Crippen LogP contribution in [0.3, 0.4) is 0 Å². The molecule has 0 radical (unpaired) electrons. The first kappa shape index (κ1) is 38.9. The molecule has 10 nitrogen and oxygen atoms in total. The van der Waals surface area contributed by atoms with Gasteiger partial charge in [-0.2, -0.15) is 0 Å². The zero-order valence-electron chi connectivity index (χ0n) is 32.5. The summed E-state index contributed by atoms with van der Waals surface area (Å²) in [6.07, 6.45) is 0.574. The standard InChI is InChI=1S/C37H25N3O4S.C5H12O.C3H8O2/c1-17(2)16-18(3)39-33(41)23-12-8-19-21-10-14-25-32-26(36(44)40(35(25)43)37-38-27-6-4-5-7-28(27)45-37)15-11-22(30(21)32)20-9-13-24(34(39)42)31(23)29(19)20;1-4(2)5(3)6;1-5-3-2-4/h4-15,17-18H,16H2,1-3H3;4-6H,1-3H3;4H,2-3H2,1H3. The molecule has 6 aromatic carbocycles. The van der Waals surface area contributed by atoms with Crippen LogP contribution in [-0.2, 0) is 4.74 Å². The number of hydrogen-bond donors (Lipinski definition) is 2. The van der Waals surface area contributed by atoms with E-state index >= 15 is 0 Å². The molecule has 288 valence electrons. The molecular weight excluding hydrogens is 727 g/mol. The molecular formula is C45H45N3O7S. The number of benzene rings is 6. The number of rotatable bonds is 7. The van der Waals surface area contributed by atoms with Crippen LogP contribution in [-0.4, -0.2) is 76.2 Å². The van der Waals surface area contributed by atoms with Gasteiger partial charge in [-0.1, -0.05) is 75.4 Å². The SMILES string of the molecule is CC(C)C(C)O.CC(C)CC(C)N1C(=O)c2ccc3c4ccc5c6c(ccc(c7ccc(c2c37)C1=O)c64)C(=O)N(c1nc2ccccc2s1)C5=O.COCCO. The Bertz CT molecular complexity index is 2520. The van der Waals surface area contributed by atoms with E-state index in [0.717, 1.165) is 49.0 Å². The van der Waals surface area contributed by atoms with Gasteiger partial charge >= 0.3 is 0 Å². The van der Waals surface area contributed by atoms with E-state index < -0.39 is 11.8 Å². The number of para-hydroxylation sites is 1. The third kappa shape index (κ3) is 6.38. The van der Waals surface area contributed by atoms with Crippen molar-refractivity contribution < 1.29 is 34.1 Å². The summed E-state index contributed by atoms with van der Waals surface area (Å²) in [5.74, 6) is -0.609. The van der Waals surface area contributed by atoms with Crippen LogP contribution in [0.4, 0.5) is 5.13 Å². The van der Waals surface area contributed by atoms with Gasteiger partial charge in [-0.25, -0.2) is 9.88 Å². The number of carbonyl (C=O) groups excluding carboxylic acids is 4. The Morgan fingerprint density at radius 2 is 1.11 bits per heavy atom. The Morgan fingerprint density at radius 3 is 1.48 bits per heavy atom. The molecule has 2 N–H and O–H groups in total. The van der Waals surface area contributed by atoms with Crippen LogP contribution in [0.25, 0.3) is 53.3 Å². The number of fused-ring (bicyclic) bond motifs is 3. The second kappa shape index (κ2) is 15.3. The lowest BCUT2D eigenvalue weighted by atomic mass is 9.82. The summed E-state index contributed by atoms with van der Waals surface area (Å²) < 4.78 is 5.34. The minimum atomic E-state index is -0.405. The number of ether oxygens (including phenoxy) is 1. The highest BCUT2D eigenvalue weighted by Crippen LogP contribution is 2.47. The van der Waals surface area contributed by atoms with Gasteiger partial charge in [0.05, 0.1) is 29.5 Å². The van der Waals surface area contributed by atoms with Crippen molar-refractivity contribution in [2.75, 3.05) is 25.2 Å². The maximum Gasteiger partial charge on any atom is 0.267 e. The predicted octanol–water partition coefficient (Wildman–Crippen LogP) is 8.83. The first-order valence-electron chi connectivity index (χ1n) is 18.9. The minimum absolute atomic E-state index is 0.122. The molecule has 0 spiro atoms. The quantitative estimate of drug-likeness (QED) is 0.0932. The zero-order valence-corrected chi connectivity index (χ0v) is 33.4. The smallest absolute Gasteiger partial charge is 0.267 e. The number of aliphatic hydroxyl groups is 2. The highest BCUT2D eigenvalue weighted by atomic mass is 32.1. The molecule has 0 aliphatic carbocycles. The fourth-order valence-electron chi connectivity index (χ4n) is 7.70. The number of aromatic nitrogens is 1. The number of nitrogens with zero attached hydrogens (tertiary/aromatic N) is 3. The van der Waals surface area contributed by atoms with Crippen LogP contribution < -0.4 is 4.90 Å². The lowest BCUT2D eigenvalue weighted by Gasteiger charge is -2.33. The molecule has 0 saturated carbocycles. The van der Waals surface area contributed by atoms with Gasteiger partial charge in [-0.15, -0.1) is 0 Å². The molecule has 0 saturated heterocycles.